The third-order valence-electron chi connectivity index (χ3n) is 7.76. The van der Waals surface area contributed by atoms with Crippen molar-refractivity contribution in [1.29, 1.82) is 0 Å². The number of nitrogens with one attached hydrogen (secondary N) is 2. The van der Waals surface area contributed by atoms with Gasteiger partial charge in [0.2, 0.25) is 0 Å². The quantitative estimate of drug-likeness (QED) is 0.0781. The molecular formula is C37H28N6O8S2. The van der Waals surface area contributed by atoms with Gasteiger partial charge in [-0.05, 0) is 115 Å². The lowest BCUT2D eigenvalue weighted by Gasteiger charge is -2.09. The van der Waals surface area contributed by atoms with Gasteiger partial charge < -0.3 is 10.6 Å². The van der Waals surface area contributed by atoms with E-state index in [9.17, 15) is 35.5 Å². The zero-order valence-corrected chi connectivity index (χ0v) is 29.2. The molecule has 0 radical (unpaired) electrons. The van der Waals surface area contributed by atoms with Crippen LogP contribution in [0, 0.1) is 6.92 Å². The van der Waals surface area contributed by atoms with E-state index < -0.39 is 30.0 Å². The van der Waals surface area contributed by atoms with Crippen LogP contribution < -0.4 is 10.6 Å². The number of aryl methyl sites for hydroxylation is 1. The fourth-order valence-corrected chi connectivity index (χ4v) is 6.37. The summed E-state index contributed by atoms with van der Waals surface area (Å²) in [6, 6.07) is 33.0. The maximum atomic E-state index is 12.9. The van der Waals surface area contributed by atoms with Crippen molar-refractivity contribution in [2.75, 3.05) is 10.6 Å². The van der Waals surface area contributed by atoms with Gasteiger partial charge in [-0.2, -0.15) is 37.3 Å². The molecule has 0 aliphatic heterocycles. The Kier molecular flexibility index (Phi) is 10.3. The van der Waals surface area contributed by atoms with E-state index in [1.165, 1.54) is 18.2 Å². The van der Waals surface area contributed by atoms with Crippen molar-refractivity contribution in [1.82, 2.24) is 0 Å². The predicted molar refractivity (Wildman–Crippen MR) is 198 cm³/mol. The highest BCUT2D eigenvalue weighted by Gasteiger charge is 2.20. The van der Waals surface area contributed by atoms with Crippen LogP contribution in [0.2, 0.25) is 0 Å². The average Bonchev–Trinajstić information content (AvgIpc) is 3.14. The van der Waals surface area contributed by atoms with Gasteiger partial charge in [-0.1, -0.05) is 30.3 Å². The molecule has 266 valence electrons. The number of carbonyl (C=O) groups is 2. The number of benzene rings is 6. The van der Waals surface area contributed by atoms with E-state index in [-0.39, 0.29) is 28.3 Å². The molecule has 0 saturated carbocycles. The van der Waals surface area contributed by atoms with Gasteiger partial charge in [0.1, 0.15) is 4.90 Å². The monoisotopic (exact) mass is 748 g/mol. The number of amides is 2. The molecule has 0 unspecified atom stereocenters. The summed E-state index contributed by atoms with van der Waals surface area (Å²) in [4.78, 5) is 24.0. The number of azo groups is 2. The van der Waals surface area contributed by atoms with Crippen LogP contribution in [0.3, 0.4) is 0 Å². The van der Waals surface area contributed by atoms with Gasteiger partial charge in [0.15, 0.2) is 0 Å². The zero-order chi connectivity index (χ0) is 37.8. The normalized spacial score (nSPS) is 12.0. The van der Waals surface area contributed by atoms with E-state index in [0.717, 1.165) is 11.6 Å². The molecule has 0 aliphatic carbocycles. The topological polar surface area (TPSA) is 216 Å². The molecule has 4 N–H and O–H groups in total. The number of rotatable bonds is 10. The Bertz CT molecular complexity index is 2650. The number of hydrogen-bond donors (Lipinski definition) is 4. The molecule has 0 aromatic heterocycles. The van der Waals surface area contributed by atoms with E-state index in [1.807, 2.05) is 13.0 Å². The van der Waals surface area contributed by atoms with Crippen LogP contribution in [0.1, 0.15) is 26.3 Å². The Morgan fingerprint density at radius 3 is 1.72 bits per heavy atom. The van der Waals surface area contributed by atoms with Crippen LogP contribution >= 0.6 is 0 Å². The van der Waals surface area contributed by atoms with Crippen molar-refractivity contribution >= 4 is 76.9 Å². The summed E-state index contributed by atoms with van der Waals surface area (Å²) < 4.78 is 66.2. The molecule has 6 rings (SSSR count). The van der Waals surface area contributed by atoms with Gasteiger partial charge in [-0.15, -0.1) is 0 Å². The van der Waals surface area contributed by atoms with Crippen LogP contribution in [0.15, 0.2) is 158 Å². The first-order valence-electron chi connectivity index (χ1n) is 15.6. The lowest BCUT2D eigenvalue weighted by Crippen LogP contribution is -2.13. The molecule has 0 bridgehead atoms. The fraction of sp³-hybridized carbons (Fsp3) is 0.0270. The molecule has 14 nitrogen and oxygen atoms in total. The maximum Gasteiger partial charge on any atom is 0.295 e. The lowest BCUT2D eigenvalue weighted by molar-refractivity contribution is 0.102. The Morgan fingerprint density at radius 2 is 1.09 bits per heavy atom. The maximum absolute atomic E-state index is 12.9. The molecule has 6 aromatic rings. The molecular weight excluding hydrogens is 721 g/mol. The first-order chi connectivity index (χ1) is 25.2. The van der Waals surface area contributed by atoms with Crippen LogP contribution in [0.4, 0.5) is 34.1 Å². The summed E-state index contributed by atoms with van der Waals surface area (Å²) in [5, 5.41) is 22.6. The Hall–Kier alpha value is -6.46. The van der Waals surface area contributed by atoms with Gasteiger partial charge in [0.25, 0.3) is 32.1 Å². The number of anilines is 2. The molecule has 6 aromatic carbocycles. The standard InChI is InChI=1S/C37H28N6O8S2/c1-23-7-11-30(39-37(45)25-8-12-27(13-9-25)38-36(44)24-5-3-2-4-6-24)21-34(23)43-41-29-17-15-28(16-18-29)40-42-31-14-10-26-19-32(52(46,47)48)22-35(33(26)20-31)53(49,50)51/h2-22H,1H3,(H,38,44)(H,39,45)(H,46,47,48)(H,49,50,51). The highest BCUT2D eigenvalue weighted by atomic mass is 32.2. The van der Waals surface area contributed by atoms with Crippen molar-refractivity contribution in [2.24, 2.45) is 20.5 Å². The Morgan fingerprint density at radius 1 is 0.547 bits per heavy atom. The molecule has 0 fully saturated rings. The molecule has 53 heavy (non-hydrogen) atoms. The van der Waals surface area contributed by atoms with Crippen molar-refractivity contribution in [2.45, 2.75) is 16.7 Å². The molecule has 0 spiro atoms. The first-order valence-corrected chi connectivity index (χ1v) is 18.5. The molecule has 2 amide bonds. The minimum absolute atomic E-state index is 0.0221. The van der Waals surface area contributed by atoms with Gasteiger partial charge >= 0.3 is 0 Å². The van der Waals surface area contributed by atoms with Crippen molar-refractivity contribution in [3.8, 4) is 0 Å². The smallest absolute Gasteiger partial charge is 0.295 e. The number of fused-ring (bicyclic) bond motifs is 1. The number of hydrogen-bond acceptors (Lipinski definition) is 10. The van der Waals surface area contributed by atoms with E-state index in [4.69, 9.17) is 0 Å². The largest absolute Gasteiger partial charge is 0.322 e. The number of carbonyl (C=O) groups excluding carboxylic acids is 2. The van der Waals surface area contributed by atoms with Gasteiger partial charge in [0, 0.05) is 27.9 Å². The van der Waals surface area contributed by atoms with Crippen LogP contribution in [0.5, 0.6) is 0 Å². The fourth-order valence-electron chi connectivity index (χ4n) is 5.02. The summed E-state index contributed by atoms with van der Waals surface area (Å²) in [6.45, 7) is 1.85. The Labute approximate surface area is 303 Å². The molecule has 0 saturated heterocycles. The summed E-state index contributed by atoms with van der Waals surface area (Å²) in [5.74, 6) is -0.607. The van der Waals surface area contributed by atoms with Crippen LogP contribution in [0.25, 0.3) is 10.8 Å². The van der Waals surface area contributed by atoms with Crippen molar-refractivity contribution in [3.05, 3.63) is 144 Å². The highest BCUT2D eigenvalue weighted by Crippen LogP contribution is 2.32. The van der Waals surface area contributed by atoms with Crippen LogP contribution in [-0.2, 0) is 20.2 Å². The minimum atomic E-state index is -4.86. The second kappa shape index (κ2) is 15.0. The summed E-state index contributed by atoms with van der Waals surface area (Å²) in [6.07, 6.45) is 0. The molecule has 0 atom stereocenters. The van der Waals surface area contributed by atoms with Crippen molar-refractivity contribution in [3.63, 3.8) is 0 Å². The third kappa shape index (κ3) is 9.07. The molecule has 0 heterocycles. The van der Waals surface area contributed by atoms with Crippen molar-refractivity contribution < 1.29 is 35.5 Å². The SMILES string of the molecule is Cc1ccc(NC(=O)c2ccc(NC(=O)c3ccccc3)cc2)cc1N=Nc1ccc(N=Nc2ccc3cc(S(=O)(=O)O)cc(S(=O)(=O)O)c3c2)cc1. The number of nitrogens with zero attached hydrogens (tertiary/aromatic N) is 4. The highest BCUT2D eigenvalue weighted by molar-refractivity contribution is 7.86. The summed E-state index contributed by atoms with van der Waals surface area (Å²) in [7, 11) is -9.60. The van der Waals surface area contributed by atoms with Gasteiger partial charge in [-0.3, -0.25) is 18.7 Å². The Balaban J connectivity index is 1.10. The second-order valence-electron chi connectivity index (χ2n) is 11.5. The predicted octanol–water partition coefficient (Wildman–Crippen LogP) is 8.98. The summed E-state index contributed by atoms with van der Waals surface area (Å²) >= 11 is 0. The van der Waals surface area contributed by atoms with Gasteiger partial charge in [0.05, 0.1) is 27.6 Å². The molecule has 16 heteroatoms. The van der Waals surface area contributed by atoms with Crippen LogP contribution in [-0.4, -0.2) is 37.8 Å². The van der Waals surface area contributed by atoms with E-state index in [2.05, 4.69) is 31.1 Å². The third-order valence-corrected chi connectivity index (χ3v) is 9.49. The zero-order valence-electron chi connectivity index (χ0n) is 27.6. The second-order valence-corrected chi connectivity index (χ2v) is 14.4. The first kappa shape index (κ1) is 36.3. The molecule has 0 aliphatic rings. The van der Waals surface area contributed by atoms with E-state index in [0.29, 0.717) is 45.6 Å². The lowest BCUT2D eigenvalue weighted by atomic mass is 10.1. The van der Waals surface area contributed by atoms with E-state index in [1.54, 1.807) is 91.0 Å². The average molecular weight is 749 g/mol. The van der Waals surface area contributed by atoms with Gasteiger partial charge in [-0.25, -0.2) is 0 Å². The summed E-state index contributed by atoms with van der Waals surface area (Å²) in [5.41, 5.74) is 4.43. The minimum Gasteiger partial charge on any atom is -0.322 e. The van der Waals surface area contributed by atoms with E-state index >= 15 is 0 Å².